The molecule has 0 spiro atoms. The van der Waals surface area contributed by atoms with Gasteiger partial charge in [0.25, 0.3) is 5.91 Å². The Hall–Kier alpha value is -1.35. The average Bonchev–Trinajstić information content (AvgIpc) is 2.20. The molecular weight excluding hydrogens is 190 g/mol. The van der Waals surface area contributed by atoms with E-state index in [0.717, 1.165) is 16.7 Å². The van der Waals surface area contributed by atoms with Crippen molar-refractivity contribution >= 4 is 5.91 Å². The molecule has 0 atom stereocenters. The average molecular weight is 207 g/mol. The number of aryl methyl sites for hydroxylation is 3. The summed E-state index contributed by atoms with van der Waals surface area (Å²) in [5, 5.41) is 2.67. The van der Waals surface area contributed by atoms with Gasteiger partial charge in [-0.3, -0.25) is 4.79 Å². The monoisotopic (exact) mass is 207 g/mol. The molecule has 0 saturated carbocycles. The number of hydrogen-bond acceptors (Lipinski definition) is 2. The van der Waals surface area contributed by atoms with E-state index in [9.17, 15) is 4.79 Å². The SMILES string of the molecule is COCNC(=O)c1cc(C)c(C)cc1C. The highest BCUT2D eigenvalue weighted by atomic mass is 16.5. The third kappa shape index (κ3) is 2.80. The molecule has 0 unspecified atom stereocenters. The lowest BCUT2D eigenvalue weighted by molar-refractivity contribution is 0.0871. The van der Waals surface area contributed by atoms with Crippen LogP contribution in [0.25, 0.3) is 0 Å². The molecular formula is C12H17NO2. The molecule has 0 heterocycles. The van der Waals surface area contributed by atoms with E-state index < -0.39 is 0 Å². The number of rotatable bonds is 3. The lowest BCUT2D eigenvalue weighted by atomic mass is 10.0. The van der Waals surface area contributed by atoms with Crippen LogP contribution in [0.3, 0.4) is 0 Å². The Labute approximate surface area is 90.4 Å². The zero-order valence-electron chi connectivity index (χ0n) is 9.68. The third-order valence-corrected chi connectivity index (χ3v) is 2.46. The first-order valence-electron chi connectivity index (χ1n) is 4.91. The second-order valence-corrected chi connectivity index (χ2v) is 3.69. The Kier molecular flexibility index (Phi) is 3.86. The molecule has 0 saturated heterocycles. The second kappa shape index (κ2) is 4.94. The highest BCUT2D eigenvalue weighted by molar-refractivity contribution is 5.95. The van der Waals surface area contributed by atoms with Crippen LogP contribution in [0.1, 0.15) is 27.0 Å². The molecule has 82 valence electrons. The smallest absolute Gasteiger partial charge is 0.253 e. The van der Waals surface area contributed by atoms with E-state index in [0.29, 0.717) is 0 Å². The normalized spacial score (nSPS) is 10.1. The zero-order valence-corrected chi connectivity index (χ0v) is 9.68. The second-order valence-electron chi connectivity index (χ2n) is 3.69. The lowest BCUT2D eigenvalue weighted by Crippen LogP contribution is -2.26. The number of benzene rings is 1. The van der Waals surface area contributed by atoms with Crippen LogP contribution < -0.4 is 5.32 Å². The fourth-order valence-electron chi connectivity index (χ4n) is 1.44. The van der Waals surface area contributed by atoms with Crippen LogP contribution in [0, 0.1) is 20.8 Å². The molecule has 1 rings (SSSR count). The van der Waals surface area contributed by atoms with Crippen molar-refractivity contribution in [3.05, 3.63) is 34.4 Å². The van der Waals surface area contributed by atoms with Crippen molar-refractivity contribution in [1.29, 1.82) is 0 Å². The van der Waals surface area contributed by atoms with Crippen molar-refractivity contribution in [2.24, 2.45) is 0 Å². The summed E-state index contributed by atoms with van der Waals surface area (Å²) in [6.45, 7) is 6.22. The summed E-state index contributed by atoms with van der Waals surface area (Å²) in [6.07, 6.45) is 0. The summed E-state index contributed by atoms with van der Waals surface area (Å²) in [5.74, 6) is -0.0857. The standard InChI is InChI=1S/C12H17NO2/c1-8-5-10(3)11(6-9(8)2)12(14)13-7-15-4/h5-6H,7H2,1-4H3,(H,13,14). The van der Waals surface area contributed by atoms with Crippen LogP contribution in [-0.2, 0) is 4.74 Å². The molecule has 0 radical (unpaired) electrons. The van der Waals surface area contributed by atoms with Gasteiger partial charge in [0.15, 0.2) is 0 Å². The highest BCUT2D eigenvalue weighted by Crippen LogP contribution is 2.14. The van der Waals surface area contributed by atoms with Crippen LogP contribution in [0.2, 0.25) is 0 Å². The van der Waals surface area contributed by atoms with Gasteiger partial charge in [-0.2, -0.15) is 0 Å². The minimum absolute atomic E-state index is 0.0857. The van der Waals surface area contributed by atoms with E-state index in [1.165, 1.54) is 5.56 Å². The van der Waals surface area contributed by atoms with Crippen molar-refractivity contribution in [2.45, 2.75) is 20.8 Å². The maximum Gasteiger partial charge on any atom is 0.253 e. The first-order chi connectivity index (χ1) is 7.06. The van der Waals surface area contributed by atoms with Gasteiger partial charge in [-0.15, -0.1) is 0 Å². The van der Waals surface area contributed by atoms with Crippen molar-refractivity contribution in [1.82, 2.24) is 5.32 Å². The topological polar surface area (TPSA) is 38.3 Å². The fraction of sp³-hybridized carbons (Fsp3) is 0.417. The van der Waals surface area contributed by atoms with E-state index in [2.05, 4.69) is 5.32 Å². The maximum absolute atomic E-state index is 11.7. The summed E-state index contributed by atoms with van der Waals surface area (Å²) in [7, 11) is 1.55. The molecule has 1 N–H and O–H groups in total. The Morgan fingerprint density at radius 2 is 1.80 bits per heavy atom. The lowest BCUT2D eigenvalue weighted by Gasteiger charge is -2.09. The fourth-order valence-corrected chi connectivity index (χ4v) is 1.44. The summed E-state index contributed by atoms with van der Waals surface area (Å²) in [4.78, 5) is 11.7. The number of amides is 1. The molecule has 0 fully saturated rings. The van der Waals surface area contributed by atoms with E-state index >= 15 is 0 Å². The van der Waals surface area contributed by atoms with Crippen LogP contribution in [0.4, 0.5) is 0 Å². The first kappa shape index (κ1) is 11.7. The largest absolute Gasteiger partial charge is 0.364 e. The maximum atomic E-state index is 11.7. The predicted octanol–water partition coefficient (Wildman–Crippen LogP) is 1.95. The number of carbonyl (C=O) groups excluding carboxylic acids is 1. The van der Waals surface area contributed by atoms with Gasteiger partial charge in [0.2, 0.25) is 0 Å². The minimum Gasteiger partial charge on any atom is -0.364 e. The number of carbonyl (C=O) groups is 1. The zero-order chi connectivity index (χ0) is 11.4. The Morgan fingerprint density at radius 3 is 2.40 bits per heavy atom. The van der Waals surface area contributed by atoms with Crippen LogP contribution >= 0.6 is 0 Å². The molecule has 1 aromatic rings. The van der Waals surface area contributed by atoms with Crippen LogP contribution in [-0.4, -0.2) is 19.7 Å². The van der Waals surface area contributed by atoms with Gasteiger partial charge >= 0.3 is 0 Å². The quantitative estimate of drug-likeness (QED) is 0.769. The van der Waals surface area contributed by atoms with Gasteiger partial charge in [0.05, 0.1) is 0 Å². The van der Waals surface area contributed by atoms with Crippen LogP contribution in [0.15, 0.2) is 12.1 Å². The van der Waals surface area contributed by atoms with Gasteiger partial charge in [0, 0.05) is 12.7 Å². The highest BCUT2D eigenvalue weighted by Gasteiger charge is 2.09. The van der Waals surface area contributed by atoms with Crippen LogP contribution in [0.5, 0.6) is 0 Å². The van der Waals surface area contributed by atoms with Gasteiger partial charge in [0.1, 0.15) is 6.73 Å². The van der Waals surface area contributed by atoms with Crippen molar-refractivity contribution < 1.29 is 9.53 Å². The summed E-state index contributed by atoms with van der Waals surface area (Å²) >= 11 is 0. The third-order valence-electron chi connectivity index (χ3n) is 2.46. The van der Waals surface area contributed by atoms with E-state index in [1.54, 1.807) is 7.11 Å². The van der Waals surface area contributed by atoms with Gasteiger partial charge < -0.3 is 10.1 Å². The number of methoxy groups -OCH3 is 1. The number of nitrogens with one attached hydrogen (secondary N) is 1. The Morgan fingerprint density at radius 1 is 1.20 bits per heavy atom. The summed E-state index contributed by atoms with van der Waals surface area (Å²) in [5.41, 5.74) is 4.04. The van der Waals surface area contributed by atoms with Crippen molar-refractivity contribution in [3.63, 3.8) is 0 Å². The first-order valence-corrected chi connectivity index (χ1v) is 4.91. The van der Waals surface area contributed by atoms with E-state index in [4.69, 9.17) is 4.74 Å². The van der Waals surface area contributed by atoms with Crippen molar-refractivity contribution in [2.75, 3.05) is 13.8 Å². The van der Waals surface area contributed by atoms with E-state index in [1.807, 2.05) is 32.9 Å². The Balaban J connectivity index is 2.94. The molecule has 0 bridgehead atoms. The molecule has 0 aliphatic rings. The van der Waals surface area contributed by atoms with Gasteiger partial charge in [-0.1, -0.05) is 6.07 Å². The molecule has 1 amide bonds. The van der Waals surface area contributed by atoms with Crippen molar-refractivity contribution in [3.8, 4) is 0 Å². The number of hydrogen-bond donors (Lipinski definition) is 1. The molecule has 0 aliphatic carbocycles. The molecule has 1 aromatic carbocycles. The molecule has 3 nitrogen and oxygen atoms in total. The van der Waals surface area contributed by atoms with Gasteiger partial charge in [-0.25, -0.2) is 0 Å². The predicted molar refractivity (Wildman–Crippen MR) is 60.0 cm³/mol. The van der Waals surface area contributed by atoms with Gasteiger partial charge in [-0.05, 0) is 43.5 Å². The molecule has 0 aromatic heterocycles. The number of ether oxygens (including phenoxy) is 1. The summed E-state index contributed by atoms with van der Waals surface area (Å²) in [6, 6.07) is 3.94. The molecule has 0 aliphatic heterocycles. The summed E-state index contributed by atoms with van der Waals surface area (Å²) < 4.78 is 4.80. The Bertz CT molecular complexity index is 372. The minimum atomic E-state index is -0.0857. The van der Waals surface area contributed by atoms with E-state index in [-0.39, 0.29) is 12.6 Å². The molecule has 15 heavy (non-hydrogen) atoms. The molecule has 3 heteroatoms.